The molecule has 2 rings (SSSR count). The van der Waals surface area contributed by atoms with Crippen LogP contribution >= 0.6 is 0 Å². The van der Waals surface area contributed by atoms with Crippen LogP contribution in [0.5, 0.6) is 0 Å². The number of hydrogen-bond acceptors (Lipinski definition) is 3. The average molecular weight is 213 g/mol. The Morgan fingerprint density at radius 2 is 2.07 bits per heavy atom. The van der Waals surface area contributed by atoms with Crippen molar-refractivity contribution < 1.29 is 19.4 Å². The Labute approximate surface area is 87.8 Å². The molecule has 0 radical (unpaired) electrons. The monoisotopic (exact) mass is 213 g/mol. The summed E-state index contributed by atoms with van der Waals surface area (Å²) < 4.78 is 4.40. The maximum Gasteiger partial charge on any atom is 0.407 e. The van der Waals surface area contributed by atoms with Gasteiger partial charge in [0, 0.05) is 0 Å². The number of carboxylic acids is 1. The quantitative estimate of drug-likeness (QED) is 0.733. The number of amides is 1. The normalized spacial score (nSPS) is 24.1. The highest BCUT2D eigenvalue weighted by Gasteiger charge is 2.56. The maximum absolute atomic E-state index is 11.0. The number of carbonyl (C=O) groups is 2. The van der Waals surface area contributed by atoms with Crippen molar-refractivity contribution in [2.24, 2.45) is 11.3 Å². The first-order chi connectivity index (χ1) is 7.06. The second-order valence-electron chi connectivity index (χ2n) is 4.62. The van der Waals surface area contributed by atoms with E-state index in [4.69, 9.17) is 5.11 Å². The Morgan fingerprint density at radius 3 is 2.47 bits per heavy atom. The van der Waals surface area contributed by atoms with Gasteiger partial charge in [-0.15, -0.1) is 0 Å². The maximum atomic E-state index is 11.0. The molecule has 0 aliphatic heterocycles. The van der Waals surface area contributed by atoms with Crippen LogP contribution in [-0.2, 0) is 9.53 Å². The molecule has 15 heavy (non-hydrogen) atoms. The number of hydrogen-bond donors (Lipinski definition) is 2. The zero-order chi connectivity index (χ0) is 11.1. The lowest BCUT2D eigenvalue weighted by Crippen LogP contribution is -2.50. The molecule has 2 aliphatic carbocycles. The summed E-state index contributed by atoms with van der Waals surface area (Å²) in [5.74, 6) is -0.898. The Hall–Kier alpha value is -1.26. The molecule has 2 N–H and O–H groups in total. The van der Waals surface area contributed by atoms with Crippen LogP contribution in [0, 0.1) is 11.3 Å². The molecule has 0 saturated heterocycles. The molecule has 0 bridgehead atoms. The summed E-state index contributed by atoms with van der Waals surface area (Å²) in [7, 11) is 1.23. The zero-order valence-corrected chi connectivity index (χ0v) is 8.66. The molecular formula is C10H15NO4. The summed E-state index contributed by atoms with van der Waals surface area (Å²) in [4.78, 5) is 21.9. The molecule has 1 spiro atoms. The predicted molar refractivity (Wildman–Crippen MR) is 51.4 cm³/mol. The van der Waals surface area contributed by atoms with Gasteiger partial charge in [0.1, 0.15) is 6.04 Å². The molecule has 0 aromatic rings. The number of methoxy groups -OCH3 is 1. The highest BCUT2D eigenvalue weighted by Crippen LogP contribution is 2.63. The van der Waals surface area contributed by atoms with E-state index < -0.39 is 18.1 Å². The molecule has 0 heterocycles. The fraction of sp³-hybridized carbons (Fsp3) is 0.800. The van der Waals surface area contributed by atoms with Crippen LogP contribution in [0.25, 0.3) is 0 Å². The van der Waals surface area contributed by atoms with Gasteiger partial charge in [-0.05, 0) is 37.0 Å². The minimum absolute atomic E-state index is 0.0732. The van der Waals surface area contributed by atoms with Crippen LogP contribution in [-0.4, -0.2) is 30.3 Å². The lowest BCUT2D eigenvalue weighted by atomic mass is 9.68. The van der Waals surface area contributed by atoms with Crippen LogP contribution in [0.1, 0.15) is 25.7 Å². The van der Waals surface area contributed by atoms with E-state index in [1.165, 1.54) is 20.0 Å². The van der Waals surface area contributed by atoms with Gasteiger partial charge in [-0.1, -0.05) is 0 Å². The second kappa shape index (κ2) is 3.40. The number of carboxylic acid groups (broad SMARTS) is 1. The van der Waals surface area contributed by atoms with E-state index in [-0.39, 0.29) is 5.92 Å². The number of ether oxygens (including phenoxy) is 1. The average Bonchev–Trinajstić information content (AvgIpc) is 2.90. The molecule has 1 amide bonds. The van der Waals surface area contributed by atoms with Crippen molar-refractivity contribution in [2.45, 2.75) is 31.7 Å². The summed E-state index contributed by atoms with van der Waals surface area (Å²) in [5, 5.41) is 11.3. The van der Waals surface area contributed by atoms with Gasteiger partial charge in [0.05, 0.1) is 7.11 Å². The number of nitrogens with one attached hydrogen (secondary N) is 1. The molecule has 0 aromatic carbocycles. The summed E-state index contributed by atoms with van der Waals surface area (Å²) in [5.41, 5.74) is 0.441. The van der Waals surface area contributed by atoms with E-state index in [1.54, 1.807) is 0 Å². The van der Waals surface area contributed by atoms with Crippen LogP contribution in [0.3, 0.4) is 0 Å². The van der Waals surface area contributed by atoms with Crippen molar-refractivity contribution >= 4 is 12.1 Å². The van der Waals surface area contributed by atoms with Gasteiger partial charge < -0.3 is 15.2 Å². The molecule has 1 atom stereocenters. The third kappa shape index (κ3) is 1.91. The Morgan fingerprint density at radius 1 is 1.47 bits per heavy atom. The van der Waals surface area contributed by atoms with Gasteiger partial charge in [-0.25, -0.2) is 9.59 Å². The highest BCUT2D eigenvalue weighted by atomic mass is 16.5. The zero-order valence-electron chi connectivity index (χ0n) is 8.66. The smallest absolute Gasteiger partial charge is 0.407 e. The van der Waals surface area contributed by atoms with E-state index in [0.29, 0.717) is 5.41 Å². The van der Waals surface area contributed by atoms with Crippen LogP contribution < -0.4 is 5.32 Å². The van der Waals surface area contributed by atoms with E-state index in [1.807, 2.05) is 0 Å². The van der Waals surface area contributed by atoms with E-state index >= 15 is 0 Å². The minimum atomic E-state index is -0.971. The summed E-state index contributed by atoms with van der Waals surface area (Å²) in [6.45, 7) is 0. The molecular weight excluding hydrogens is 198 g/mol. The molecule has 2 saturated carbocycles. The largest absolute Gasteiger partial charge is 0.480 e. The summed E-state index contributed by atoms with van der Waals surface area (Å²) in [6, 6.07) is -0.788. The van der Waals surface area contributed by atoms with Crippen molar-refractivity contribution in [2.75, 3.05) is 7.11 Å². The van der Waals surface area contributed by atoms with Crippen molar-refractivity contribution in [3.63, 3.8) is 0 Å². The van der Waals surface area contributed by atoms with Gasteiger partial charge in [0.25, 0.3) is 0 Å². The third-order valence-corrected chi connectivity index (χ3v) is 3.54. The number of carbonyl (C=O) groups excluding carboxylic acids is 1. The predicted octanol–water partition coefficient (Wildman–Crippen LogP) is 0.986. The highest BCUT2D eigenvalue weighted by molar-refractivity contribution is 5.80. The Balaban J connectivity index is 1.89. The fourth-order valence-electron chi connectivity index (χ4n) is 2.44. The first-order valence-corrected chi connectivity index (χ1v) is 5.14. The molecule has 0 aromatic heterocycles. The molecule has 5 nitrogen and oxygen atoms in total. The lowest BCUT2D eigenvalue weighted by Gasteiger charge is -2.39. The van der Waals surface area contributed by atoms with Crippen molar-refractivity contribution in [3.05, 3.63) is 0 Å². The van der Waals surface area contributed by atoms with Gasteiger partial charge in [-0.2, -0.15) is 0 Å². The van der Waals surface area contributed by atoms with E-state index in [0.717, 1.165) is 12.8 Å². The molecule has 2 fully saturated rings. The minimum Gasteiger partial charge on any atom is -0.480 e. The number of rotatable bonds is 3. The number of alkyl carbamates (subject to hydrolysis) is 1. The van der Waals surface area contributed by atoms with Crippen molar-refractivity contribution in [1.29, 1.82) is 0 Å². The first-order valence-electron chi connectivity index (χ1n) is 5.14. The summed E-state index contributed by atoms with van der Waals surface area (Å²) in [6.07, 6.45) is 3.61. The SMILES string of the molecule is COC(=O)NC(C(=O)O)C1CC2(CC2)C1. The molecule has 5 heteroatoms. The van der Waals surface area contributed by atoms with Crippen LogP contribution in [0.2, 0.25) is 0 Å². The van der Waals surface area contributed by atoms with Crippen molar-refractivity contribution in [1.82, 2.24) is 5.32 Å². The topological polar surface area (TPSA) is 75.6 Å². The van der Waals surface area contributed by atoms with E-state index in [2.05, 4.69) is 10.1 Å². The molecule has 2 aliphatic rings. The van der Waals surface area contributed by atoms with Gasteiger partial charge in [0.15, 0.2) is 0 Å². The second-order valence-corrected chi connectivity index (χ2v) is 4.62. The van der Waals surface area contributed by atoms with Gasteiger partial charge in [0.2, 0.25) is 0 Å². The lowest BCUT2D eigenvalue weighted by molar-refractivity contribution is -0.142. The Bertz CT molecular complexity index is 290. The molecule has 84 valence electrons. The van der Waals surface area contributed by atoms with E-state index in [9.17, 15) is 9.59 Å². The van der Waals surface area contributed by atoms with Crippen LogP contribution in [0.4, 0.5) is 4.79 Å². The fourth-order valence-corrected chi connectivity index (χ4v) is 2.44. The van der Waals surface area contributed by atoms with Gasteiger partial charge >= 0.3 is 12.1 Å². The Kier molecular flexibility index (Phi) is 2.32. The summed E-state index contributed by atoms with van der Waals surface area (Å²) >= 11 is 0. The van der Waals surface area contributed by atoms with Crippen molar-refractivity contribution in [3.8, 4) is 0 Å². The van der Waals surface area contributed by atoms with Gasteiger partial charge in [-0.3, -0.25) is 0 Å². The third-order valence-electron chi connectivity index (χ3n) is 3.54. The molecule has 1 unspecified atom stereocenters. The standard InChI is InChI=1S/C10H15NO4/c1-15-9(14)11-7(8(12)13)6-4-10(5-6)2-3-10/h6-7H,2-5H2,1H3,(H,11,14)(H,12,13). The first kappa shape index (κ1) is 10.3. The number of aliphatic carboxylic acids is 1. The van der Waals surface area contributed by atoms with Crippen LogP contribution in [0.15, 0.2) is 0 Å².